The number of anilines is 1. The highest BCUT2D eigenvalue weighted by atomic mass is 16.4. The molecular formula is C11H19N5O2. The Labute approximate surface area is 105 Å². The van der Waals surface area contributed by atoms with Gasteiger partial charge in [0, 0.05) is 31.2 Å². The molecule has 1 fully saturated rings. The molecule has 0 bridgehead atoms. The molecule has 1 saturated heterocycles. The lowest BCUT2D eigenvalue weighted by molar-refractivity contribution is 0.188. The molecule has 0 radical (unpaired) electrons. The van der Waals surface area contributed by atoms with Crippen LogP contribution in [0.25, 0.3) is 0 Å². The van der Waals surface area contributed by atoms with Crippen molar-refractivity contribution in [2.45, 2.75) is 31.8 Å². The van der Waals surface area contributed by atoms with Crippen LogP contribution in [0, 0.1) is 0 Å². The number of H-pyrrole nitrogens is 1. The first-order valence-corrected chi connectivity index (χ1v) is 6.17. The molecule has 0 saturated carbocycles. The Kier molecular flexibility index (Phi) is 4.03. The monoisotopic (exact) mass is 253 g/mol. The zero-order chi connectivity index (χ0) is 13.0. The van der Waals surface area contributed by atoms with Crippen LogP contribution in [-0.4, -0.2) is 40.5 Å². The average Bonchev–Trinajstić information content (AvgIpc) is 2.69. The second kappa shape index (κ2) is 5.72. The molecule has 7 heteroatoms. The van der Waals surface area contributed by atoms with Crippen LogP contribution in [0.5, 0.6) is 0 Å². The highest BCUT2D eigenvalue weighted by Gasteiger charge is 2.20. The Morgan fingerprint density at radius 2 is 2.44 bits per heavy atom. The lowest BCUT2D eigenvalue weighted by Gasteiger charge is -2.22. The molecular weight excluding hydrogens is 234 g/mol. The van der Waals surface area contributed by atoms with E-state index in [2.05, 4.69) is 20.4 Å². The molecule has 2 rings (SSSR count). The molecule has 18 heavy (non-hydrogen) atoms. The Morgan fingerprint density at radius 1 is 1.61 bits per heavy atom. The topological polar surface area (TPSA) is 107 Å². The van der Waals surface area contributed by atoms with Gasteiger partial charge < -0.3 is 21.1 Å². The van der Waals surface area contributed by atoms with E-state index < -0.39 is 6.09 Å². The Hall–Kier alpha value is -1.76. The molecule has 1 aromatic rings. The molecule has 0 aliphatic carbocycles. The van der Waals surface area contributed by atoms with E-state index in [-0.39, 0.29) is 6.04 Å². The van der Waals surface area contributed by atoms with Crippen LogP contribution in [0.2, 0.25) is 0 Å². The third-order valence-corrected chi connectivity index (χ3v) is 3.29. The third-order valence-electron chi connectivity index (χ3n) is 3.29. The number of hydrogen-bond donors (Lipinski definition) is 4. The predicted octanol–water partition coefficient (Wildman–Crippen LogP) is 0.495. The van der Waals surface area contributed by atoms with Gasteiger partial charge in [0.1, 0.15) is 5.82 Å². The van der Waals surface area contributed by atoms with Gasteiger partial charge in [-0.1, -0.05) is 0 Å². The van der Waals surface area contributed by atoms with Crippen LogP contribution < -0.4 is 16.0 Å². The van der Waals surface area contributed by atoms with E-state index in [1.54, 1.807) is 6.20 Å². The van der Waals surface area contributed by atoms with Gasteiger partial charge in [-0.15, -0.1) is 0 Å². The summed E-state index contributed by atoms with van der Waals surface area (Å²) in [4.78, 5) is 12.8. The molecule has 7 nitrogen and oxygen atoms in total. The van der Waals surface area contributed by atoms with Gasteiger partial charge in [0.05, 0.1) is 6.20 Å². The summed E-state index contributed by atoms with van der Waals surface area (Å²) >= 11 is 0. The smallest absolute Gasteiger partial charge is 0.404 e. The summed E-state index contributed by atoms with van der Waals surface area (Å²) < 4.78 is 0. The number of aromatic nitrogens is 2. The molecule has 1 unspecified atom stereocenters. The van der Waals surface area contributed by atoms with Crippen molar-refractivity contribution in [3.63, 3.8) is 0 Å². The van der Waals surface area contributed by atoms with E-state index >= 15 is 0 Å². The van der Waals surface area contributed by atoms with Gasteiger partial charge in [0.25, 0.3) is 0 Å². The lowest BCUT2D eigenvalue weighted by atomic mass is 10.1. The predicted molar refractivity (Wildman–Crippen MR) is 67.5 cm³/mol. The number of amides is 1. The first kappa shape index (κ1) is 12.7. The maximum absolute atomic E-state index is 10.6. The van der Waals surface area contributed by atoms with Gasteiger partial charge in [0.2, 0.25) is 0 Å². The van der Waals surface area contributed by atoms with Gasteiger partial charge in [-0.3, -0.25) is 5.10 Å². The first-order valence-electron chi connectivity index (χ1n) is 6.17. The number of carbonyl (C=O) groups is 1. The fraction of sp³-hybridized carbons (Fsp3) is 0.636. The molecule has 5 N–H and O–H groups in total. The van der Waals surface area contributed by atoms with E-state index in [0.29, 0.717) is 6.54 Å². The maximum atomic E-state index is 10.6. The number of nitrogens with two attached hydrogens (primary N) is 1. The van der Waals surface area contributed by atoms with Crippen molar-refractivity contribution in [1.29, 1.82) is 0 Å². The Balaban J connectivity index is 1.98. The van der Waals surface area contributed by atoms with Crippen molar-refractivity contribution in [2.24, 2.45) is 5.73 Å². The Bertz CT molecular complexity index is 406. The number of nitrogens with one attached hydrogen (secondary N) is 2. The minimum absolute atomic E-state index is 0.0387. The number of aromatic amines is 1. The van der Waals surface area contributed by atoms with Gasteiger partial charge in [-0.25, -0.2) is 4.79 Å². The van der Waals surface area contributed by atoms with Gasteiger partial charge in [0.15, 0.2) is 0 Å². The molecule has 1 amide bonds. The molecule has 0 spiro atoms. The molecule has 1 atom stereocenters. The SMILES string of the molecule is NCc1cn[nH]c1N1CCCC(NC(=O)O)CC1. The maximum Gasteiger partial charge on any atom is 0.404 e. The summed E-state index contributed by atoms with van der Waals surface area (Å²) in [5, 5.41) is 18.3. The van der Waals surface area contributed by atoms with Gasteiger partial charge >= 0.3 is 6.09 Å². The van der Waals surface area contributed by atoms with Crippen LogP contribution in [0.15, 0.2) is 6.20 Å². The second-order valence-electron chi connectivity index (χ2n) is 4.51. The van der Waals surface area contributed by atoms with Crippen molar-refractivity contribution in [3.05, 3.63) is 11.8 Å². The fourth-order valence-electron chi connectivity index (χ4n) is 2.37. The average molecular weight is 253 g/mol. The van der Waals surface area contributed by atoms with Crippen molar-refractivity contribution in [1.82, 2.24) is 15.5 Å². The largest absolute Gasteiger partial charge is 0.465 e. The van der Waals surface area contributed by atoms with E-state index in [1.807, 2.05) is 0 Å². The molecule has 1 aliphatic heterocycles. The van der Waals surface area contributed by atoms with Gasteiger partial charge in [-0.05, 0) is 19.3 Å². The van der Waals surface area contributed by atoms with E-state index in [9.17, 15) is 4.79 Å². The molecule has 0 aromatic carbocycles. The number of hydrogen-bond acceptors (Lipinski definition) is 4. The zero-order valence-corrected chi connectivity index (χ0v) is 10.2. The molecule has 1 aliphatic rings. The summed E-state index contributed by atoms with van der Waals surface area (Å²) in [5.74, 6) is 0.966. The first-order chi connectivity index (χ1) is 8.70. The quantitative estimate of drug-likeness (QED) is 0.627. The minimum atomic E-state index is -0.947. The van der Waals surface area contributed by atoms with E-state index in [4.69, 9.17) is 10.8 Å². The normalized spacial score (nSPS) is 20.5. The van der Waals surface area contributed by atoms with E-state index in [0.717, 1.165) is 43.7 Å². The number of rotatable bonds is 3. The Morgan fingerprint density at radius 3 is 3.17 bits per heavy atom. The molecule has 100 valence electrons. The van der Waals surface area contributed by atoms with Crippen LogP contribution in [0.4, 0.5) is 10.6 Å². The van der Waals surface area contributed by atoms with Crippen LogP contribution in [0.1, 0.15) is 24.8 Å². The van der Waals surface area contributed by atoms with Gasteiger partial charge in [-0.2, -0.15) is 5.10 Å². The minimum Gasteiger partial charge on any atom is -0.465 e. The van der Waals surface area contributed by atoms with Crippen LogP contribution in [0.3, 0.4) is 0 Å². The van der Waals surface area contributed by atoms with E-state index in [1.165, 1.54) is 0 Å². The summed E-state index contributed by atoms with van der Waals surface area (Å²) in [6.07, 6.45) is 3.42. The lowest BCUT2D eigenvalue weighted by Crippen LogP contribution is -2.34. The van der Waals surface area contributed by atoms with Crippen molar-refractivity contribution >= 4 is 11.9 Å². The van der Waals surface area contributed by atoms with Crippen molar-refractivity contribution < 1.29 is 9.90 Å². The van der Waals surface area contributed by atoms with Crippen molar-refractivity contribution in [2.75, 3.05) is 18.0 Å². The fourth-order valence-corrected chi connectivity index (χ4v) is 2.37. The summed E-state index contributed by atoms with van der Waals surface area (Å²) in [6, 6.07) is 0.0387. The molecule has 1 aromatic heterocycles. The van der Waals surface area contributed by atoms with Crippen LogP contribution in [-0.2, 0) is 6.54 Å². The zero-order valence-electron chi connectivity index (χ0n) is 10.2. The second-order valence-corrected chi connectivity index (χ2v) is 4.51. The highest BCUT2D eigenvalue weighted by molar-refractivity contribution is 5.64. The summed E-state index contributed by atoms with van der Waals surface area (Å²) in [6.45, 7) is 2.16. The molecule has 2 heterocycles. The summed E-state index contributed by atoms with van der Waals surface area (Å²) in [7, 11) is 0. The highest BCUT2D eigenvalue weighted by Crippen LogP contribution is 2.20. The standard InChI is InChI=1S/C11H19N5O2/c12-6-8-7-13-15-10(8)16-4-1-2-9(3-5-16)14-11(17)18/h7,9,14H,1-6,12H2,(H,13,15)(H,17,18). The third kappa shape index (κ3) is 2.92. The number of carboxylic acid groups (broad SMARTS) is 1. The summed E-state index contributed by atoms with van der Waals surface area (Å²) in [5.41, 5.74) is 6.66. The van der Waals surface area contributed by atoms with Crippen molar-refractivity contribution in [3.8, 4) is 0 Å². The van der Waals surface area contributed by atoms with Crippen LogP contribution >= 0.6 is 0 Å². The number of nitrogens with zero attached hydrogens (tertiary/aromatic N) is 2.